The van der Waals surface area contributed by atoms with Crippen molar-refractivity contribution < 1.29 is 9.18 Å². The van der Waals surface area contributed by atoms with Gasteiger partial charge in [-0.1, -0.05) is 38.1 Å². The number of carbonyl (C=O) groups excluding carboxylic acids is 1. The summed E-state index contributed by atoms with van der Waals surface area (Å²) >= 11 is 0. The summed E-state index contributed by atoms with van der Waals surface area (Å²) in [6, 6.07) is 13.1. The molecule has 124 valence electrons. The molecule has 0 radical (unpaired) electrons. The molecule has 0 aliphatic heterocycles. The van der Waals surface area contributed by atoms with Crippen molar-refractivity contribution in [2.75, 3.05) is 5.43 Å². The van der Waals surface area contributed by atoms with Crippen molar-refractivity contribution in [2.45, 2.75) is 19.9 Å². The number of amides is 2. The highest BCUT2D eigenvalue weighted by Gasteiger charge is 2.18. The van der Waals surface area contributed by atoms with E-state index in [4.69, 9.17) is 0 Å². The van der Waals surface area contributed by atoms with Crippen LogP contribution in [0.2, 0.25) is 0 Å². The van der Waals surface area contributed by atoms with Gasteiger partial charge in [0.2, 0.25) is 0 Å². The lowest BCUT2D eigenvalue weighted by molar-refractivity contribution is 0.242. The molecule has 5 nitrogen and oxygen atoms in total. The lowest BCUT2D eigenvalue weighted by Crippen LogP contribution is -2.38. The van der Waals surface area contributed by atoms with Crippen molar-refractivity contribution >= 4 is 17.1 Å². The van der Waals surface area contributed by atoms with Crippen LogP contribution < -0.4 is 10.7 Å². The quantitative estimate of drug-likeness (QED) is 0.765. The largest absolute Gasteiger partial charge is 0.334 e. The predicted octanol–water partition coefficient (Wildman–Crippen LogP) is 3.83. The number of hydrogen-bond acceptors (Lipinski definition) is 2. The minimum Gasteiger partial charge on any atom is -0.330 e. The average molecular weight is 326 g/mol. The Morgan fingerprint density at radius 3 is 2.54 bits per heavy atom. The van der Waals surface area contributed by atoms with E-state index in [0.717, 1.165) is 16.6 Å². The summed E-state index contributed by atoms with van der Waals surface area (Å²) in [7, 11) is 0. The number of hydrogen-bond donors (Lipinski definition) is 2. The lowest BCUT2D eigenvalue weighted by atomic mass is 9.96. The number of para-hydroxylation sites is 2. The first-order valence-corrected chi connectivity index (χ1v) is 7.79. The highest BCUT2D eigenvalue weighted by Crippen LogP contribution is 2.22. The van der Waals surface area contributed by atoms with E-state index in [1.807, 2.05) is 38.1 Å². The van der Waals surface area contributed by atoms with Crippen LogP contribution in [0.15, 0.2) is 54.9 Å². The predicted molar refractivity (Wildman–Crippen MR) is 91.6 cm³/mol. The minimum atomic E-state index is -0.346. The van der Waals surface area contributed by atoms with E-state index in [9.17, 15) is 9.18 Å². The van der Waals surface area contributed by atoms with Crippen molar-refractivity contribution in [2.24, 2.45) is 5.92 Å². The number of imidazole rings is 1. The highest BCUT2D eigenvalue weighted by atomic mass is 19.1. The van der Waals surface area contributed by atoms with Crippen molar-refractivity contribution in [1.29, 1.82) is 0 Å². The van der Waals surface area contributed by atoms with Crippen LogP contribution in [0, 0.1) is 11.7 Å². The zero-order valence-corrected chi connectivity index (χ0v) is 13.5. The Labute approximate surface area is 139 Å². The molecule has 3 rings (SSSR count). The molecule has 6 heteroatoms. The molecule has 1 atom stereocenters. The molecule has 1 aromatic heterocycles. The van der Waals surface area contributed by atoms with Gasteiger partial charge < -0.3 is 5.32 Å². The van der Waals surface area contributed by atoms with Crippen LogP contribution in [0.5, 0.6) is 0 Å². The Kier molecular flexibility index (Phi) is 4.46. The maximum atomic E-state index is 13.1. The van der Waals surface area contributed by atoms with Crippen LogP contribution in [0.25, 0.3) is 11.0 Å². The van der Waals surface area contributed by atoms with Crippen LogP contribution in [0.3, 0.4) is 0 Å². The summed E-state index contributed by atoms with van der Waals surface area (Å²) < 4.78 is 14.7. The first-order chi connectivity index (χ1) is 11.5. The molecule has 1 unspecified atom stereocenters. The third kappa shape index (κ3) is 3.37. The van der Waals surface area contributed by atoms with E-state index >= 15 is 0 Å². The van der Waals surface area contributed by atoms with Gasteiger partial charge in [-0.3, -0.25) is 0 Å². The van der Waals surface area contributed by atoms with Crippen LogP contribution >= 0.6 is 0 Å². The van der Waals surface area contributed by atoms with Gasteiger partial charge in [-0.15, -0.1) is 0 Å². The number of nitrogens with zero attached hydrogens (tertiary/aromatic N) is 2. The summed E-state index contributed by atoms with van der Waals surface area (Å²) in [6.45, 7) is 4.00. The van der Waals surface area contributed by atoms with E-state index in [0.29, 0.717) is 0 Å². The second-order valence-corrected chi connectivity index (χ2v) is 5.96. The number of carbonyl (C=O) groups is 1. The molecular formula is C18H19FN4O. The Hall–Kier alpha value is -2.89. The third-order valence-electron chi connectivity index (χ3n) is 3.86. The Bertz CT molecular complexity index is 842. The van der Waals surface area contributed by atoms with Gasteiger partial charge in [0.15, 0.2) is 0 Å². The first-order valence-electron chi connectivity index (χ1n) is 7.79. The van der Waals surface area contributed by atoms with Gasteiger partial charge >= 0.3 is 6.03 Å². The maximum Gasteiger partial charge on any atom is 0.334 e. The van der Waals surface area contributed by atoms with Crippen molar-refractivity contribution in [1.82, 2.24) is 15.0 Å². The minimum absolute atomic E-state index is 0.153. The molecule has 2 amide bonds. The normalized spacial score (nSPS) is 12.3. The van der Waals surface area contributed by atoms with Crippen LogP contribution in [-0.2, 0) is 0 Å². The molecule has 1 heterocycles. The average Bonchev–Trinajstić information content (AvgIpc) is 2.96. The summed E-state index contributed by atoms with van der Waals surface area (Å²) in [6.07, 6.45) is 1.56. The first kappa shape index (κ1) is 16.0. The second kappa shape index (κ2) is 6.70. The number of aromatic nitrogens is 2. The molecule has 0 spiro atoms. The number of benzene rings is 2. The highest BCUT2D eigenvalue weighted by molar-refractivity contribution is 5.85. The van der Waals surface area contributed by atoms with Crippen molar-refractivity contribution in [3.8, 4) is 0 Å². The smallest absolute Gasteiger partial charge is 0.330 e. The monoisotopic (exact) mass is 326 g/mol. The van der Waals surface area contributed by atoms with Gasteiger partial charge in [0, 0.05) is 0 Å². The topological polar surface area (TPSA) is 59.0 Å². The van der Waals surface area contributed by atoms with Gasteiger partial charge in [0.25, 0.3) is 0 Å². The van der Waals surface area contributed by atoms with Crippen LogP contribution in [-0.4, -0.2) is 15.7 Å². The van der Waals surface area contributed by atoms with Gasteiger partial charge in [0.1, 0.15) is 12.1 Å². The summed E-state index contributed by atoms with van der Waals surface area (Å²) in [5.74, 6) is -0.142. The zero-order valence-electron chi connectivity index (χ0n) is 13.5. The van der Waals surface area contributed by atoms with Gasteiger partial charge in [0.05, 0.1) is 17.1 Å². The van der Waals surface area contributed by atoms with Gasteiger partial charge in [-0.2, -0.15) is 0 Å². The van der Waals surface area contributed by atoms with Crippen LogP contribution in [0.1, 0.15) is 25.5 Å². The number of rotatable bonds is 4. The number of nitrogens with one attached hydrogen (secondary N) is 2. The molecule has 0 fully saturated rings. The lowest BCUT2D eigenvalue weighted by Gasteiger charge is -2.23. The van der Waals surface area contributed by atoms with E-state index in [-0.39, 0.29) is 23.8 Å². The fourth-order valence-electron chi connectivity index (χ4n) is 2.64. The number of halogens is 1. The van der Waals surface area contributed by atoms with E-state index in [1.54, 1.807) is 23.1 Å². The molecule has 0 bridgehead atoms. The maximum absolute atomic E-state index is 13.1. The summed E-state index contributed by atoms with van der Waals surface area (Å²) in [5.41, 5.74) is 5.24. The molecule has 3 aromatic rings. The standard InChI is InChI=1S/C18H19FN4O/c1-12(2)17(13-7-9-14(19)10-8-13)21-18(24)22-23-11-20-15-5-3-4-6-16(15)23/h3-12,17H,1-2H3,(H2,21,22,24). The van der Waals surface area contributed by atoms with Crippen molar-refractivity contribution in [3.63, 3.8) is 0 Å². The molecule has 24 heavy (non-hydrogen) atoms. The number of urea groups is 1. The van der Waals surface area contributed by atoms with E-state index < -0.39 is 0 Å². The fourth-order valence-corrected chi connectivity index (χ4v) is 2.64. The van der Waals surface area contributed by atoms with Crippen LogP contribution in [0.4, 0.5) is 9.18 Å². The molecule has 0 aliphatic rings. The molecule has 0 aliphatic carbocycles. The Balaban J connectivity index is 1.75. The van der Waals surface area contributed by atoms with E-state index in [1.165, 1.54) is 12.1 Å². The van der Waals surface area contributed by atoms with Crippen molar-refractivity contribution in [3.05, 3.63) is 66.2 Å². The Morgan fingerprint density at radius 1 is 1.12 bits per heavy atom. The second-order valence-electron chi connectivity index (χ2n) is 5.96. The molecule has 2 N–H and O–H groups in total. The van der Waals surface area contributed by atoms with E-state index in [2.05, 4.69) is 15.7 Å². The molecule has 2 aromatic carbocycles. The SMILES string of the molecule is CC(C)C(NC(=O)Nn1cnc2ccccc21)c1ccc(F)cc1. The number of fused-ring (bicyclic) bond motifs is 1. The third-order valence-corrected chi connectivity index (χ3v) is 3.86. The fraction of sp³-hybridized carbons (Fsp3) is 0.222. The Morgan fingerprint density at radius 2 is 1.83 bits per heavy atom. The van der Waals surface area contributed by atoms with Gasteiger partial charge in [-0.05, 0) is 35.7 Å². The molecule has 0 saturated carbocycles. The summed E-state index contributed by atoms with van der Waals surface area (Å²) in [5, 5.41) is 2.93. The zero-order chi connectivity index (χ0) is 17.1. The summed E-state index contributed by atoms with van der Waals surface area (Å²) in [4.78, 5) is 16.6. The van der Waals surface area contributed by atoms with Gasteiger partial charge in [-0.25, -0.2) is 24.3 Å². The molecule has 0 saturated heterocycles. The molecular weight excluding hydrogens is 307 g/mol.